The minimum atomic E-state index is -1.22. The van der Waals surface area contributed by atoms with Crippen LogP contribution in [0.5, 0.6) is 0 Å². The molecule has 0 spiro atoms. The van der Waals surface area contributed by atoms with Crippen LogP contribution in [0, 0.1) is 11.3 Å². The number of thiazole rings is 1. The molecule has 0 aliphatic carbocycles. The van der Waals surface area contributed by atoms with E-state index in [4.69, 9.17) is 9.47 Å². The fourth-order valence-corrected chi connectivity index (χ4v) is 7.57. The quantitative estimate of drug-likeness (QED) is 0.202. The molecule has 4 atom stereocenters. The molecule has 206 valence electrons. The van der Waals surface area contributed by atoms with E-state index in [2.05, 4.69) is 4.98 Å². The van der Waals surface area contributed by atoms with Gasteiger partial charge in [0.05, 0.1) is 36.2 Å². The van der Waals surface area contributed by atoms with Crippen molar-refractivity contribution in [3.05, 3.63) is 59.0 Å². The van der Waals surface area contributed by atoms with E-state index in [1.807, 2.05) is 54.1 Å². The summed E-state index contributed by atoms with van der Waals surface area (Å²) in [7, 11) is 0. The van der Waals surface area contributed by atoms with Gasteiger partial charge in [-0.1, -0.05) is 37.3 Å². The van der Waals surface area contributed by atoms with Crippen LogP contribution in [0.25, 0.3) is 10.4 Å². The normalized spacial score (nSPS) is 23.2. The van der Waals surface area contributed by atoms with Crippen molar-refractivity contribution in [1.29, 1.82) is 0 Å². The number of aliphatic carboxylic acids is 1. The second kappa shape index (κ2) is 10.8. The van der Waals surface area contributed by atoms with Crippen LogP contribution in [0.3, 0.4) is 0 Å². The highest BCUT2D eigenvalue weighted by atomic mass is 32.2. The Morgan fingerprint density at radius 1 is 1.28 bits per heavy atom. The minimum Gasteiger partial charge on any atom is -0.477 e. The van der Waals surface area contributed by atoms with Crippen molar-refractivity contribution >= 4 is 51.3 Å². The summed E-state index contributed by atoms with van der Waals surface area (Å²) < 4.78 is 12.8. The highest BCUT2D eigenvalue weighted by Gasteiger charge is 2.66. The van der Waals surface area contributed by atoms with Crippen LogP contribution in [-0.4, -0.2) is 74.0 Å². The van der Waals surface area contributed by atoms with Crippen LogP contribution >= 0.6 is 23.1 Å². The molecule has 1 amide bonds. The van der Waals surface area contributed by atoms with Crippen molar-refractivity contribution in [3.63, 3.8) is 0 Å². The maximum atomic E-state index is 13.1. The summed E-state index contributed by atoms with van der Waals surface area (Å²) in [6.07, 6.45) is 4.69. The summed E-state index contributed by atoms with van der Waals surface area (Å²) in [6, 6.07) is 8.88. The number of hydrogen-bond acceptors (Lipinski definition) is 9. The third kappa shape index (κ3) is 4.75. The van der Waals surface area contributed by atoms with Crippen LogP contribution in [-0.2, 0) is 30.5 Å². The number of aromatic nitrogens is 2. The lowest BCUT2D eigenvalue weighted by Crippen LogP contribution is -2.66. The molecular weight excluding hydrogens is 542 g/mol. The number of amides is 1. The predicted molar refractivity (Wildman–Crippen MR) is 145 cm³/mol. The molecule has 1 unspecified atom stereocenters. The van der Waals surface area contributed by atoms with Crippen molar-refractivity contribution < 1.29 is 34.1 Å². The van der Waals surface area contributed by atoms with Gasteiger partial charge in [-0.25, -0.2) is 14.6 Å². The number of ether oxygens (including phenoxy) is 2. The summed E-state index contributed by atoms with van der Waals surface area (Å²) in [5, 5.41) is 21.5. The molecule has 39 heavy (non-hydrogen) atoms. The van der Waals surface area contributed by atoms with Crippen molar-refractivity contribution in [1.82, 2.24) is 14.3 Å². The fraction of sp³-hybridized carbons (Fsp3) is 0.407. The number of benzene rings is 1. The fourth-order valence-electron chi connectivity index (χ4n) is 5.61. The summed E-state index contributed by atoms with van der Waals surface area (Å²) in [6.45, 7) is 3.46. The zero-order valence-electron chi connectivity index (χ0n) is 21.7. The minimum absolute atomic E-state index is 0.00658. The Bertz CT molecular complexity index is 1450. The van der Waals surface area contributed by atoms with Crippen molar-refractivity contribution in [3.8, 4) is 0 Å². The van der Waals surface area contributed by atoms with Crippen LogP contribution in [0.2, 0.25) is 0 Å². The van der Waals surface area contributed by atoms with E-state index in [1.54, 1.807) is 6.33 Å². The van der Waals surface area contributed by atoms with E-state index in [0.29, 0.717) is 10.5 Å². The number of carbonyl (C=O) groups is 3. The Hall–Kier alpha value is -3.19. The summed E-state index contributed by atoms with van der Waals surface area (Å²) in [4.78, 5) is 45.2. The molecule has 1 saturated heterocycles. The average molecular weight is 572 g/mol. The molecule has 2 N–H and O–H groups in total. The molecule has 1 fully saturated rings. The number of aliphatic hydroxyl groups is 1. The first-order valence-corrected chi connectivity index (χ1v) is 14.5. The summed E-state index contributed by atoms with van der Waals surface area (Å²) in [5.41, 5.74) is 0.439. The zero-order chi connectivity index (χ0) is 27.9. The topological polar surface area (TPSA) is 131 Å². The number of imidazole rings is 1. The van der Waals surface area contributed by atoms with E-state index in [9.17, 15) is 24.6 Å². The Kier molecular flexibility index (Phi) is 7.55. The Balaban J connectivity index is 1.40. The van der Waals surface area contributed by atoms with Crippen molar-refractivity contribution in [2.45, 2.75) is 44.0 Å². The van der Waals surface area contributed by atoms with E-state index in [0.717, 1.165) is 15.4 Å². The maximum Gasteiger partial charge on any atom is 0.352 e. The number of nitrogens with zero attached hydrogens (tertiary/aromatic N) is 3. The number of hydrogen-bond donors (Lipinski definition) is 2. The highest BCUT2D eigenvalue weighted by Crippen LogP contribution is 2.60. The number of carboxylic acids is 1. The number of carbonyl (C=O) groups excluding carboxylic acids is 2. The van der Waals surface area contributed by atoms with Crippen LogP contribution < -0.4 is 0 Å². The molecule has 10 nitrogen and oxygen atoms in total. The Morgan fingerprint density at radius 2 is 2.03 bits per heavy atom. The molecule has 0 bridgehead atoms. The number of thioether (sulfide) groups is 1. The van der Waals surface area contributed by atoms with E-state index < -0.39 is 41.3 Å². The van der Waals surface area contributed by atoms with Crippen molar-refractivity contribution in [2.24, 2.45) is 11.3 Å². The number of carboxylic acid groups (broad SMARTS) is 1. The number of β-lactam (4-membered cyclic amide) rings is 1. The largest absolute Gasteiger partial charge is 0.477 e. The third-order valence-electron chi connectivity index (χ3n) is 7.40. The number of aliphatic hydroxyl groups excluding tert-OH is 1. The van der Waals surface area contributed by atoms with E-state index >= 15 is 0 Å². The van der Waals surface area contributed by atoms with Gasteiger partial charge in [-0.15, -0.1) is 23.1 Å². The monoisotopic (exact) mass is 571 g/mol. The van der Waals surface area contributed by atoms with Gasteiger partial charge in [0, 0.05) is 17.2 Å². The van der Waals surface area contributed by atoms with Gasteiger partial charge in [0.2, 0.25) is 5.91 Å². The van der Waals surface area contributed by atoms with Crippen LogP contribution in [0.1, 0.15) is 30.7 Å². The smallest absolute Gasteiger partial charge is 0.352 e. The van der Waals surface area contributed by atoms with Gasteiger partial charge in [0.25, 0.3) is 0 Å². The van der Waals surface area contributed by atoms with Gasteiger partial charge in [0.15, 0.2) is 0 Å². The lowest BCUT2D eigenvalue weighted by Gasteiger charge is -2.50. The van der Waals surface area contributed by atoms with Gasteiger partial charge in [-0.2, -0.15) is 0 Å². The molecule has 5 rings (SSSR count). The Morgan fingerprint density at radius 3 is 2.69 bits per heavy atom. The second-order valence-electron chi connectivity index (χ2n) is 9.88. The molecule has 2 aliphatic rings. The number of fused-ring (bicyclic) bond motifs is 2. The number of rotatable bonds is 11. The third-order valence-corrected chi connectivity index (χ3v) is 9.34. The molecule has 0 radical (unpaired) electrons. The van der Waals surface area contributed by atoms with Crippen LogP contribution in [0.4, 0.5) is 0 Å². The molecule has 0 saturated carbocycles. The summed E-state index contributed by atoms with van der Waals surface area (Å²) >= 11 is 2.88. The van der Waals surface area contributed by atoms with Crippen molar-refractivity contribution in [2.75, 3.05) is 19.5 Å². The first kappa shape index (κ1) is 27.4. The van der Waals surface area contributed by atoms with Gasteiger partial charge < -0.3 is 24.6 Å². The zero-order valence-corrected chi connectivity index (χ0v) is 23.3. The summed E-state index contributed by atoms with van der Waals surface area (Å²) in [5.74, 6) is -2.94. The van der Waals surface area contributed by atoms with E-state index in [-0.39, 0.29) is 31.9 Å². The molecule has 4 heterocycles. The van der Waals surface area contributed by atoms with Crippen LogP contribution in [0.15, 0.2) is 53.6 Å². The SMILES string of the molecule is CSc1ncn2cc(C3=C(C(=O)O)N4C(=O)[C@H]([C@@H](C)O)[C@@H]4C3(C)CCOC(=O)COCc3ccccc3)sc12. The average Bonchev–Trinajstić information content (AvgIpc) is 3.53. The van der Waals surface area contributed by atoms with Gasteiger partial charge >= 0.3 is 11.9 Å². The maximum absolute atomic E-state index is 13.1. The highest BCUT2D eigenvalue weighted by molar-refractivity contribution is 7.98. The molecule has 2 aromatic heterocycles. The standard InChI is InChI=1S/C27H29N3O7S2/c1-15(31)19-22-27(2,9-10-37-18(32)13-36-12-16-7-5-4-6-8-16)20(21(26(34)35)30(22)24(19)33)17-11-29-14-28-23(38-3)25(29)39-17/h4-8,11,14-15,19,22,31H,9-10,12-13H2,1-3H3,(H,34,35)/t15-,19-,22-,27?/m1/s1. The molecular formula is C27H29N3O7S2. The second-order valence-corrected chi connectivity index (χ2v) is 11.7. The van der Waals surface area contributed by atoms with Gasteiger partial charge in [-0.3, -0.25) is 9.20 Å². The predicted octanol–water partition coefficient (Wildman–Crippen LogP) is 3.29. The van der Waals surface area contributed by atoms with E-state index in [1.165, 1.54) is 34.9 Å². The first-order valence-electron chi connectivity index (χ1n) is 12.4. The van der Waals surface area contributed by atoms with Gasteiger partial charge in [-0.05, 0) is 25.2 Å². The Labute approximate surface area is 233 Å². The molecule has 1 aromatic carbocycles. The first-order chi connectivity index (χ1) is 18.7. The molecule has 2 aliphatic heterocycles. The molecule has 12 heteroatoms. The lowest BCUT2D eigenvalue weighted by atomic mass is 9.66. The number of esters is 1. The lowest BCUT2D eigenvalue weighted by molar-refractivity contribution is -0.168. The molecule has 3 aromatic rings. The van der Waals surface area contributed by atoms with Gasteiger partial charge in [0.1, 0.15) is 28.5 Å².